The number of nitrogens with one attached hydrogen (secondary N) is 1. The molecule has 0 radical (unpaired) electrons. The van der Waals surface area contributed by atoms with Crippen LogP contribution in [-0.2, 0) is 17.6 Å². The first-order valence-corrected chi connectivity index (χ1v) is 13.6. The number of nitrogens with zero attached hydrogens (tertiary/aromatic N) is 1. The molecule has 190 valence electrons. The third kappa shape index (κ3) is 7.42. The summed E-state index contributed by atoms with van der Waals surface area (Å²) in [5.74, 6) is 1.22. The van der Waals surface area contributed by atoms with Crippen LogP contribution in [0.25, 0.3) is 0 Å². The molecule has 0 spiro atoms. The standard InChI is InChI=1S/C29H40N2O4/c32-27(33)17-16-22-12-4-5-13-23(22)19-24-14-8-15-25(24)29-31-26(20-35-29)28(34)30-18-7-6-11-21-9-2-1-3-10-21/h4-5,12-13,20-21,24-25H,1-3,6-11,14-19H2,(H,30,34)(H,32,33)/t24?,25-/m1/s1. The van der Waals surface area contributed by atoms with Crippen molar-refractivity contribution in [3.63, 3.8) is 0 Å². The van der Waals surface area contributed by atoms with E-state index in [1.165, 1.54) is 56.8 Å². The molecule has 6 nitrogen and oxygen atoms in total. The number of hydrogen-bond donors (Lipinski definition) is 2. The topological polar surface area (TPSA) is 92.4 Å². The second-order valence-electron chi connectivity index (χ2n) is 10.5. The summed E-state index contributed by atoms with van der Waals surface area (Å²) in [6.07, 6.45) is 16.7. The molecule has 1 aromatic heterocycles. The van der Waals surface area contributed by atoms with Gasteiger partial charge in [0.05, 0.1) is 0 Å². The maximum Gasteiger partial charge on any atom is 0.303 e. The summed E-state index contributed by atoms with van der Waals surface area (Å²) in [4.78, 5) is 28.2. The number of rotatable bonds is 12. The molecule has 2 aliphatic carbocycles. The summed E-state index contributed by atoms with van der Waals surface area (Å²) in [6, 6.07) is 8.13. The maximum absolute atomic E-state index is 12.6. The lowest BCUT2D eigenvalue weighted by Gasteiger charge is -2.21. The van der Waals surface area contributed by atoms with Gasteiger partial charge >= 0.3 is 5.97 Å². The minimum Gasteiger partial charge on any atom is -0.481 e. The predicted molar refractivity (Wildman–Crippen MR) is 135 cm³/mol. The molecule has 6 heteroatoms. The number of aliphatic carboxylic acids is 1. The molecule has 4 rings (SSSR count). The highest BCUT2D eigenvalue weighted by molar-refractivity contribution is 5.91. The average Bonchev–Trinajstić information content (AvgIpc) is 3.53. The van der Waals surface area contributed by atoms with Gasteiger partial charge in [0, 0.05) is 18.9 Å². The summed E-state index contributed by atoms with van der Waals surface area (Å²) >= 11 is 0. The Morgan fingerprint density at radius 2 is 1.80 bits per heavy atom. The number of aromatic nitrogens is 1. The number of hydrogen-bond acceptors (Lipinski definition) is 4. The van der Waals surface area contributed by atoms with Crippen LogP contribution < -0.4 is 5.32 Å². The Morgan fingerprint density at radius 1 is 1.00 bits per heavy atom. The predicted octanol–water partition coefficient (Wildman–Crippen LogP) is 6.30. The fourth-order valence-corrected chi connectivity index (χ4v) is 6.02. The largest absolute Gasteiger partial charge is 0.481 e. The van der Waals surface area contributed by atoms with E-state index in [0.717, 1.165) is 43.6 Å². The Hall–Kier alpha value is -2.63. The van der Waals surface area contributed by atoms with Gasteiger partial charge in [-0.1, -0.05) is 75.6 Å². The van der Waals surface area contributed by atoms with Crippen LogP contribution >= 0.6 is 0 Å². The highest BCUT2D eigenvalue weighted by Gasteiger charge is 2.33. The maximum atomic E-state index is 12.6. The van der Waals surface area contributed by atoms with Crippen LogP contribution in [0.15, 0.2) is 34.9 Å². The molecule has 1 unspecified atom stereocenters. The van der Waals surface area contributed by atoms with E-state index in [2.05, 4.69) is 16.4 Å². The zero-order valence-corrected chi connectivity index (χ0v) is 20.8. The molecule has 2 saturated carbocycles. The van der Waals surface area contributed by atoms with Crippen molar-refractivity contribution in [2.75, 3.05) is 6.54 Å². The Labute approximate surface area is 208 Å². The molecule has 2 fully saturated rings. The van der Waals surface area contributed by atoms with Crippen molar-refractivity contribution in [3.8, 4) is 0 Å². The summed E-state index contributed by atoms with van der Waals surface area (Å²) < 4.78 is 5.80. The Balaban J connectivity index is 1.26. The molecule has 2 atom stereocenters. The smallest absolute Gasteiger partial charge is 0.303 e. The molecule has 0 saturated heterocycles. The molecule has 35 heavy (non-hydrogen) atoms. The van der Waals surface area contributed by atoms with E-state index in [-0.39, 0.29) is 18.2 Å². The van der Waals surface area contributed by atoms with E-state index in [1.807, 2.05) is 18.2 Å². The SMILES string of the molecule is O=C(O)CCc1ccccc1CC1CCC[C@H]1c1nc(C(=O)NCCCCC2CCCCC2)co1. The average molecular weight is 481 g/mol. The molecule has 0 bridgehead atoms. The van der Waals surface area contributed by atoms with E-state index in [0.29, 0.717) is 30.5 Å². The van der Waals surface area contributed by atoms with Gasteiger partial charge in [-0.25, -0.2) is 4.98 Å². The van der Waals surface area contributed by atoms with Crippen molar-refractivity contribution in [2.24, 2.45) is 11.8 Å². The number of aryl methyl sites for hydroxylation is 1. The van der Waals surface area contributed by atoms with E-state index in [4.69, 9.17) is 9.52 Å². The van der Waals surface area contributed by atoms with Gasteiger partial charge in [0.25, 0.3) is 5.91 Å². The number of unbranched alkanes of at least 4 members (excludes halogenated alkanes) is 1. The van der Waals surface area contributed by atoms with Crippen LogP contribution in [0.3, 0.4) is 0 Å². The second-order valence-corrected chi connectivity index (χ2v) is 10.5. The van der Waals surface area contributed by atoms with Crippen molar-refractivity contribution in [1.29, 1.82) is 0 Å². The van der Waals surface area contributed by atoms with Gasteiger partial charge in [0.15, 0.2) is 11.6 Å². The highest BCUT2D eigenvalue weighted by Crippen LogP contribution is 2.41. The molecule has 1 aromatic carbocycles. The van der Waals surface area contributed by atoms with Crippen LogP contribution in [0, 0.1) is 11.8 Å². The number of carboxylic acid groups (broad SMARTS) is 1. The zero-order chi connectivity index (χ0) is 24.5. The minimum absolute atomic E-state index is 0.143. The third-order valence-corrected chi connectivity index (χ3v) is 7.99. The minimum atomic E-state index is -0.770. The Bertz CT molecular complexity index is 963. The first-order valence-electron chi connectivity index (χ1n) is 13.6. The molecule has 2 aliphatic rings. The quantitative estimate of drug-likeness (QED) is 0.348. The number of oxazole rings is 1. The van der Waals surface area contributed by atoms with Gasteiger partial charge in [-0.15, -0.1) is 0 Å². The van der Waals surface area contributed by atoms with Gasteiger partial charge in [0.2, 0.25) is 0 Å². The van der Waals surface area contributed by atoms with E-state index in [9.17, 15) is 9.59 Å². The van der Waals surface area contributed by atoms with Crippen LogP contribution in [0.1, 0.15) is 110 Å². The van der Waals surface area contributed by atoms with Crippen LogP contribution in [0.5, 0.6) is 0 Å². The van der Waals surface area contributed by atoms with Gasteiger partial charge in [-0.05, 0) is 55.1 Å². The normalized spacial score (nSPS) is 20.7. The molecule has 0 aliphatic heterocycles. The Morgan fingerprint density at radius 3 is 2.60 bits per heavy atom. The number of carbonyl (C=O) groups is 2. The fourth-order valence-electron chi connectivity index (χ4n) is 6.02. The fraction of sp³-hybridized carbons (Fsp3) is 0.621. The van der Waals surface area contributed by atoms with Gasteiger partial charge in [0.1, 0.15) is 6.26 Å². The lowest BCUT2D eigenvalue weighted by Crippen LogP contribution is -2.25. The first kappa shape index (κ1) is 25.5. The summed E-state index contributed by atoms with van der Waals surface area (Å²) in [6.45, 7) is 0.687. The van der Waals surface area contributed by atoms with Gasteiger partial charge in [-0.2, -0.15) is 0 Å². The number of carboxylic acids is 1. The van der Waals surface area contributed by atoms with E-state index >= 15 is 0 Å². The van der Waals surface area contributed by atoms with Crippen LogP contribution in [-0.4, -0.2) is 28.5 Å². The van der Waals surface area contributed by atoms with Crippen molar-refractivity contribution in [2.45, 2.75) is 95.8 Å². The second kappa shape index (κ2) is 12.9. The molecule has 1 heterocycles. The van der Waals surface area contributed by atoms with Gasteiger partial charge in [-0.3, -0.25) is 9.59 Å². The number of amides is 1. The van der Waals surface area contributed by atoms with Crippen molar-refractivity contribution >= 4 is 11.9 Å². The van der Waals surface area contributed by atoms with Crippen LogP contribution in [0.2, 0.25) is 0 Å². The lowest BCUT2D eigenvalue weighted by atomic mass is 9.86. The van der Waals surface area contributed by atoms with Crippen LogP contribution in [0.4, 0.5) is 0 Å². The zero-order valence-electron chi connectivity index (χ0n) is 20.8. The molecule has 2 aromatic rings. The molecular formula is C29H40N2O4. The summed E-state index contributed by atoms with van der Waals surface area (Å²) in [7, 11) is 0. The van der Waals surface area contributed by atoms with E-state index in [1.54, 1.807) is 0 Å². The molecule has 1 amide bonds. The number of benzene rings is 1. The molecular weight excluding hydrogens is 440 g/mol. The summed E-state index contributed by atoms with van der Waals surface area (Å²) in [5.41, 5.74) is 2.69. The third-order valence-electron chi connectivity index (χ3n) is 7.99. The lowest BCUT2D eigenvalue weighted by molar-refractivity contribution is -0.136. The molecule has 2 N–H and O–H groups in total. The van der Waals surface area contributed by atoms with Crippen molar-refractivity contribution in [3.05, 3.63) is 53.2 Å². The van der Waals surface area contributed by atoms with Crippen molar-refractivity contribution in [1.82, 2.24) is 10.3 Å². The number of carbonyl (C=O) groups excluding carboxylic acids is 1. The monoisotopic (exact) mass is 480 g/mol. The Kier molecular flexibility index (Phi) is 9.38. The summed E-state index contributed by atoms with van der Waals surface area (Å²) in [5, 5.41) is 12.1. The van der Waals surface area contributed by atoms with Gasteiger partial charge < -0.3 is 14.8 Å². The van der Waals surface area contributed by atoms with Crippen molar-refractivity contribution < 1.29 is 19.1 Å². The van der Waals surface area contributed by atoms with E-state index < -0.39 is 5.97 Å². The highest BCUT2D eigenvalue weighted by atomic mass is 16.4. The first-order chi connectivity index (χ1) is 17.1.